The van der Waals surface area contributed by atoms with Gasteiger partial charge in [0.2, 0.25) is 5.95 Å². The molecule has 1 aliphatic rings. The maximum Gasteiger partial charge on any atom is 0.223 e. The van der Waals surface area contributed by atoms with Crippen molar-refractivity contribution in [2.75, 3.05) is 32.0 Å². The Morgan fingerprint density at radius 1 is 1.56 bits per heavy atom. The van der Waals surface area contributed by atoms with E-state index in [0.717, 1.165) is 13.1 Å². The van der Waals surface area contributed by atoms with Crippen LogP contribution in [0.3, 0.4) is 0 Å². The highest BCUT2D eigenvalue weighted by atomic mass is 15.1. The van der Waals surface area contributed by atoms with E-state index in [-0.39, 0.29) is 6.54 Å². The highest BCUT2D eigenvalue weighted by Gasteiger charge is 2.21. The molecule has 0 spiro atoms. The largest absolute Gasteiger partial charge is 0.341 e. The van der Waals surface area contributed by atoms with Crippen molar-refractivity contribution in [3.63, 3.8) is 0 Å². The Morgan fingerprint density at radius 3 is 2.88 bits per heavy atom. The molecule has 1 fully saturated rings. The fourth-order valence-corrected chi connectivity index (χ4v) is 1.97. The molecule has 1 saturated heterocycles. The molecule has 16 heavy (non-hydrogen) atoms. The molecule has 1 aromatic heterocycles. The zero-order valence-electron chi connectivity index (χ0n) is 9.35. The summed E-state index contributed by atoms with van der Waals surface area (Å²) in [5, 5.41) is 11.2. The summed E-state index contributed by atoms with van der Waals surface area (Å²) < 4.78 is 0. The lowest BCUT2D eigenvalue weighted by Gasteiger charge is -2.10. The summed E-state index contributed by atoms with van der Waals surface area (Å²) >= 11 is 0. The second-order valence-corrected chi connectivity index (χ2v) is 4.10. The van der Waals surface area contributed by atoms with Crippen LogP contribution in [0.2, 0.25) is 0 Å². The molecule has 1 aromatic rings. The molecule has 0 amide bonds. The summed E-state index contributed by atoms with van der Waals surface area (Å²) in [6.07, 6.45) is 4.89. The van der Waals surface area contributed by atoms with Crippen LogP contribution in [0.15, 0.2) is 12.4 Å². The topological polar surface area (TPSA) is 64.8 Å². The van der Waals surface area contributed by atoms with Crippen molar-refractivity contribution in [3.8, 4) is 6.07 Å². The van der Waals surface area contributed by atoms with Gasteiger partial charge in [0.25, 0.3) is 0 Å². The van der Waals surface area contributed by atoms with E-state index in [2.05, 4.69) is 27.2 Å². The van der Waals surface area contributed by atoms with Gasteiger partial charge in [-0.05, 0) is 25.6 Å². The summed E-state index contributed by atoms with van der Waals surface area (Å²) in [6.45, 7) is 2.46. The number of likely N-dealkylation sites (N-methyl/N-ethyl adjacent to an activating group) is 1. The molecule has 84 valence electrons. The number of rotatable bonds is 3. The molecule has 2 heterocycles. The fraction of sp³-hybridized carbons (Fsp3) is 0.545. The minimum Gasteiger partial charge on any atom is -0.341 e. The number of likely N-dealkylation sites (tertiary alicyclic amines) is 1. The van der Waals surface area contributed by atoms with E-state index in [4.69, 9.17) is 5.26 Å². The third-order valence-corrected chi connectivity index (χ3v) is 2.86. The van der Waals surface area contributed by atoms with Crippen molar-refractivity contribution in [3.05, 3.63) is 18.0 Å². The van der Waals surface area contributed by atoms with Crippen molar-refractivity contribution < 1.29 is 0 Å². The predicted molar refractivity (Wildman–Crippen MR) is 61.0 cm³/mol. The van der Waals surface area contributed by atoms with E-state index >= 15 is 0 Å². The van der Waals surface area contributed by atoms with Gasteiger partial charge >= 0.3 is 0 Å². The van der Waals surface area contributed by atoms with Gasteiger partial charge in [-0.1, -0.05) is 0 Å². The minimum absolute atomic E-state index is 0.242. The van der Waals surface area contributed by atoms with E-state index in [0.29, 0.717) is 11.9 Å². The first-order valence-corrected chi connectivity index (χ1v) is 5.41. The molecule has 1 unspecified atom stereocenters. The third kappa shape index (κ3) is 2.47. The Kier molecular flexibility index (Phi) is 3.32. The van der Waals surface area contributed by atoms with Crippen molar-refractivity contribution in [1.29, 1.82) is 5.26 Å². The smallest absolute Gasteiger partial charge is 0.223 e. The van der Waals surface area contributed by atoms with E-state index in [1.807, 2.05) is 18.5 Å². The molecule has 5 nitrogen and oxygen atoms in total. The standard InChI is InChI=1S/C11H15N5/c1-16-5-2-9(8-16)10-6-14-11(15-7-10)13-4-3-12/h6-7,9H,2,4-5,8H2,1H3,(H,13,14,15). The first kappa shape index (κ1) is 10.8. The van der Waals surface area contributed by atoms with Gasteiger partial charge in [0.1, 0.15) is 6.54 Å². The maximum atomic E-state index is 8.41. The molecule has 0 radical (unpaired) electrons. The zero-order chi connectivity index (χ0) is 11.4. The van der Waals surface area contributed by atoms with E-state index in [1.54, 1.807) is 0 Å². The van der Waals surface area contributed by atoms with Crippen LogP contribution in [0.1, 0.15) is 17.9 Å². The summed E-state index contributed by atoms with van der Waals surface area (Å²) in [5.74, 6) is 1.08. The summed E-state index contributed by atoms with van der Waals surface area (Å²) in [5.41, 5.74) is 1.19. The second-order valence-electron chi connectivity index (χ2n) is 4.10. The maximum absolute atomic E-state index is 8.41. The molecule has 1 aliphatic heterocycles. The Hall–Kier alpha value is -1.67. The van der Waals surface area contributed by atoms with Crippen LogP contribution in [-0.2, 0) is 0 Å². The number of hydrogen-bond acceptors (Lipinski definition) is 5. The van der Waals surface area contributed by atoms with Crippen molar-refractivity contribution >= 4 is 5.95 Å². The van der Waals surface area contributed by atoms with Crippen LogP contribution >= 0.6 is 0 Å². The fourth-order valence-electron chi connectivity index (χ4n) is 1.97. The van der Waals surface area contributed by atoms with Gasteiger partial charge in [-0.2, -0.15) is 5.26 Å². The third-order valence-electron chi connectivity index (χ3n) is 2.86. The van der Waals surface area contributed by atoms with Gasteiger partial charge in [0.05, 0.1) is 6.07 Å². The summed E-state index contributed by atoms with van der Waals surface area (Å²) in [4.78, 5) is 10.7. The zero-order valence-corrected chi connectivity index (χ0v) is 9.35. The van der Waals surface area contributed by atoms with Gasteiger partial charge in [0.15, 0.2) is 0 Å². The van der Waals surface area contributed by atoms with E-state index in [1.165, 1.54) is 12.0 Å². The Morgan fingerprint density at radius 2 is 2.31 bits per heavy atom. The van der Waals surface area contributed by atoms with Crippen LogP contribution in [0, 0.1) is 11.3 Å². The predicted octanol–water partition coefficient (Wildman–Crippen LogP) is 0.831. The normalized spacial score (nSPS) is 20.6. The van der Waals surface area contributed by atoms with E-state index < -0.39 is 0 Å². The molecular weight excluding hydrogens is 202 g/mol. The Bertz CT molecular complexity index is 380. The molecule has 5 heteroatoms. The highest BCUT2D eigenvalue weighted by molar-refractivity contribution is 5.27. The van der Waals surface area contributed by atoms with Crippen LogP contribution in [0.5, 0.6) is 0 Å². The van der Waals surface area contributed by atoms with Crippen molar-refractivity contribution in [2.24, 2.45) is 0 Å². The molecule has 1 atom stereocenters. The molecular formula is C11H15N5. The molecule has 0 bridgehead atoms. The lowest BCUT2D eigenvalue weighted by atomic mass is 10.0. The summed E-state index contributed by atoms with van der Waals surface area (Å²) in [7, 11) is 2.13. The Labute approximate surface area is 95.1 Å². The SMILES string of the molecule is CN1CCC(c2cnc(NCC#N)nc2)C1. The number of anilines is 1. The molecule has 2 rings (SSSR count). The van der Waals surface area contributed by atoms with Crippen LogP contribution in [0.4, 0.5) is 5.95 Å². The quantitative estimate of drug-likeness (QED) is 0.760. The monoisotopic (exact) mass is 217 g/mol. The van der Waals surface area contributed by atoms with Crippen molar-refractivity contribution in [2.45, 2.75) is 12.3 Å². The van der Waals surface area contributed by atoms with Crippen LogP contribution < -0.4 is 5.32 Å². The average Bonchev–Trinajstić information content (AvgIpc) is 2.74. The highest BCUT2D eigenvalue weighted by Crippen LogP contribution is 2.25. The van der Waals surface area contributed by atoms with E-state index in [9.17, 15) is 0 Å². The van der Waals surface area contributed by atoms with Gasteiger partial charge in [-0.25, -0.2) is 9.97 Å². The first-order chi connectivity index (χ1) is 7.79. The number of hydrogen-bond donors (Lipinski definition) is 1. The number of nitrogens with one attached hydrogen (secondary N) is 1. The second kappa shape index (κ2) is 4.90. The minimum atomic E-state index is 0.242. The number of aromatic nitrogens is 2. The van der Waals surface area contributed by atoms with Gasteiger partial charge in [-0.3, -0.25) is 0 Å². The molecule has 0 aromatic carbocycles. The first-order valence-electron chi connectivity index (χ1n) is 5.41. The van der Waals surface area contributed by atoms with Gasteiger partial charge in [-0.15, -0.1) is 0 Å². The van der Waals surface area contributed by atoms with Crippen molar-refractivity contribution in [1.82, 2.24) is 14.9 Å². The number of nitriles is 1. The molecule has 0 aliphatic carbocycles. The molecule has 1 N–H and O–H groups in total. The Balaban J connectivity index is 1.99. The summed E-state index contributed by atoms with van der Waals surface area (Å²) in [6, 6.07) is 1.99. The molecule has 0 saturated carbocycles. The van der Waals surface area contributed by atoms with Crippen LogP contribution in [0.25, 0.3) is 0 Å². The van der Waals surface area contributed by atoms with Gasteiger partial charge < -0.3 is 10.2 Å². The lowest BCUT2D eigenvalue weighted by molar-refractivity contribution is 0.411. The lowest BCUT2D eigenvalue weighted by Crippen LogP contribution is -2.13. The van der Waals surface area contributed by atoms with Gasteiger partial charge in [0, 0.05) is 24.9 Å². The average molecular weight is 217 g/mol. The number of nitrogens with zero attached hydrogens (tertiary/aromatic N) is 4. The van der Waals surface area contributed by atoms with Crippen LogP contribution in [-0.4, -0.2) is 41.5 Å².